The van der Waals surface area contributed by atoms with Gasteiger partial charge in [0.05, 0.1) is 3.57 Å². The Morgan fingerprint density at radius 1 is 1.47 bits per heavy atom. The molecule has 2 aromatic heterocycles. The van der Waals surface area contributed by atoms with Gasteiger partial charge in [0, 0.05) is 38.1 Å². The van der Waals surface area contributed by atoms with Gasteiger partial charge in [0.1, 0.15) is 0 Å². The Balaban J connectivity index is 2.20. The Hall–Kier alpha value is -1.38. The molecule has 0 aromatic carbocycles. The number of aromatic nitrogens is 4. The number of H-pyrrole nitrogens is 1. The number of rotatable bonds is 3. The van der Waals surface area contributed by atoms with E-state index in [2.05, 4.69) is 10.1 Å². The van der Waals surface area contributed by atoms with Crippen molar-refractivity contribution in [3.63, 3.8) is 0 Å². The molecular formula is C10H11IN4O2. The zero-order valence-corrected chi connectivity index (χ0v) is 11.3. The second-order valence-electron chi connectivity index (χ2n) is 3.63. The molecule has 0 amide bonds. The first-order valence-electron chi connectivity index (χ1n) is 5.04. The Morgan fingerprint density at radius 2 is 2.24 bits per heavy atom. The smallest absolute Gasteiger partial charge is 0.299 e. The summed E-state index contributed by atoms with van der Waals surface area (Å²) in [5.74, 6) is 0. The highest BCUT2D eigenvalue weighted by Gasteiger charge is 2.03. The third-order valence-electron chi connectivity index (χ3n) is 2.50. The van der Waals surface area contributed by atoms with Crippen LogP contribution in [-0.2, 0) is 20.0 Å². The van der Waals surface area contributed by atoms with Crippen molar-refractivity contribution >= 4 is 22.6 Å². The summed E-state index contributed by atoms with van der Waals surface area (Å²) in [4.78, 5) is 25.0. The van der Waals surface area contributed by atoms with E-state index in [1.807, 2.05) is 35.7 Å². The van der Waals surface area contributed by atoms with Crippen LogP contribution in [0.25, 0.3) is 0 Å². The van der Waals surface area contributed by atoms with Crippen molar-refractivity contribution in [1.82, 2.24) is 19.3 Å². The van der Waals surface area contributed by atoms with Crippen LogP contribution in [0, 0.1) is 3.57 Å². The van der Waals surface area contributed by atoms with E-state index in [1.54, 1.807) is 17.1 Å². The Bertz CT molecular complexity index is 640. The van der Waals surface area contributed by atoms with Crippen molar-refractivity contribution in [2.45, 2.75) is 13.0 Å². The van der Waals surface area contributed by atoms with Gasteiger partial charge in [-0.05, 0) is 28.7 Å². The third-order valence-corrected chi connectivity index (χ3v) is 3.27. The summed E-state index contributed by atoms with van der Waals surface area (Å²) in [5.41, 5.74) is 0.322. The Kier molecular flexibility index (Phi) is 3.46. The van der Waals surface area contributed by atoms with E-state index in [4.69, 9.17) is 0 Å². The van der Waals surface area contributed by atoms with E-state index in [1.165, 1.54) is 4.57 Å². The highest BCUT2D eigenvalue weighted by Crippen LogP contribution is 2.00. The average Bonchev–Trinajstić information content (AvgIpc) is 2.68. The monoisotopic (exact) mass is 346 g/mol. The molecule has 0 saturated carbocycles. The largest absolute Gasteiger partial charge is 0.328 e. The molecule has 0 aliphatic heterocycles. The second-order valence-corrected chi connectivity index (χ2v) is 4.79. The molecule has 17 heavy (non-hydrogen) atoms. The zero-order valence-electron chi connectivity index (χ0n) is 9.18. The van der Waals surface area contributed by atoms with Gasteiger partial charge in [-0.1, -0.05) is 0 Å². The van der Waals surface area contributed by atoms with Gasteiger partial charge in [-0.3, -0.25) is 19.0 Å². The van der Waals surface area contributed by atoms with Gasteiger partial charge in [-0.25, -0.2) is 4.79 Å². The molecule has 2 heterocycles. The maximum atomic E-state index is 11.5. The molecule has 6 nitrogen and oxygen atoms in total. The number of hydrogen-bond donors (Lipinski definition) is 1. The number of hydrogen-bond acceptors (Lipinski definition) is 3. The maximum absolute atomic E-state index is 11.5. The number of aryl methyl sites for hydroxylation is 3. The van der Waals surface area contributed by atoms with Crippen LogP contribution < -0.4 is 11.2 Å². The van der Waals surface area contributed by atoms with E-state index in [-0.39, 0.29) is 11.2 Å². The zero-order chi connectivity index (χ0) is 12.4. The van der Waals surface area contributed by atoms with Crippen LogP contribution in [0.15, 0.2) is 28.0 Å². The van der Waals surface area contributed by atoms with Crippen LogP contribution in [0.5, 0.6) is 0 Å². The summed E-state index contributed by atoms with van der Waals surface area (Å²) in [6.07, 6.45) is 3.98. The van der Waals surface area contributed by atoms with Gasteiger partial charge in [0.2, 0.25) is 0 Å². The molecule has 0 unspecified atom stereocenters. The summed E-state index contributed by atoms with van der Waals surface area (Å²) in [7, 11) is 1.86. The molecule has 7 heteroatoms. The first-order chi connectivity index (χ1) is 8.08. The highest BCUT2D eigenvalue weighted by atomic mass is 127. The van der Waals surface area contributed by atoms with Crippen molar-refractivity contribution in [3.05, 3.63) is 48.6 Å². The Morgan fingerprint density at radius 3 is 2.88 bits per heavy atom. The van der Waals surface area contributed by atoms with Gasteiger partial charge >= 0.3 is 5.69 Å². The lowest BCUT2D eigenvalue weighted by atomic mass is 10.3. The second kappa shape index (κ2) is 4.86. The first-order valence-corrected chi connectivity index (χ1v) is 6.12. The number of aromatic amines is 1. The van der Waals surface area contributed by atoms with Crippen molar-refractivity contribution < 1.29 is 0 Å². The molecule has 0 spiro atoms. The predicted octanol–water partition coefficient (Wildman–Crippen LogP) is 0.117. The molecule has 1 N–H and O–H groups in total. The number of halogens is 1. The summed E-state index contributed by atoms with van der Waals surface area (Å²) >= 11 is 1.91. The molecule has 0 atom stereocenters. The molecule has 90 valence electrons. The minimum absolute atomic E-state index is 0.340. The van der Waals surface area contributed by atoms with Crippen LogP contribution in [0.1, 0.15) is 5.69 Å². The van der Waals surface area contributed by atoms with Crippen molar-refractivity contribution in [1.29, 1.82) is 0 Å². The van der Waals surface area contributed by atoms with E-state index in [0.717, 1.165) is 5.69 Å². The van der Waals surface area contributed by atoms with Crippen molar-refractivity contribution in [3.8, 4) is 0 Å². The number of nitrogens with zero attached hydrogens (tertiary/aromatic N) is 3. The van der Waals surface area contributed by atoms with Gasteiger partial charge < -0.3 is 0 Å². The topological polar surface area (TPSA) is 72.7 Å². The first kappa shape index (κ1) is 12.1. The van der Waals surface area contributed by atoms with E-state index in [9.17, 15) is 9.59 Å². The minimum Gasteiger partial charge on any atom is -0.299 e. The van der Waals surface area contributed by atoms with Gasteiger partial charge in [-0.15, -0.1) is 0 Å². The standard InChI is InChI=1S/C10H11IN4O2/c1-14-7(2-4-12-14)3-5-15-6-8(11)9(16)13-10(15)17/h2,4,6H,3,5H2,1H3,(H,13,16,17). The quantitative estimate of drug-likeness (QED) is 0.803. The summed E-state index contributed by atoms with van der Waals surface area (Å²) < 4.78 is 3.77. The molecular weight excluding hydrogens is 335 g/mol. The van der Waals surface area contributed by atoms with Crippen LogP contribution in [0.2, 0.25) is 0 Å². The molecule has 2 aromatic rings. The fourth-order valence-electron chi connectivity index (χ4n) is 1.53. The summed E-state index contributed by atoms with van der Waals surface area (Å²) in [5, 5.41) is 4.05. The Labute approximate surface area is 110 Å². The van der Waals surface area contributed by atoms with Gasteiger partial charge in [0.15, 0.2) is 0 Å². The van der Waals surface area contributed by atoms with Crippen molar-refractivity contribution in [2.24, 2.45) is 7.05 Å². The molecule has 0 aliphatic carbocycles. The van der Waals surface area contributed by atoms with Crippen LogP contribution >= 0.6 is 22.6 Å². The van der Waals surface area contributed by atoms with E-state index >= 15 is 0 Å². The van der Waals surface area contributed by atoms with E-state index < -0.39 is 0 Å². The average molecular weight is 346 g/mol. The molecule has 2 rings (SSSR count). The van der Waals surface area contributed by atoms with Crippen LogP contribution in [0.3, 0.4) is 0 Å². The fourth-order valence-corrected chi connectivity index (χ4v) is 2.00. The lowest BCUT2D eigenvalue weighted by Gasteiger charge is -2.05. The fraction of sp³-hybridized carbons (Fsp3) is 0.300. The molecule has 0 bridgehead atoms. The number of nitrogens with one attached hydrogen (secondary N) is 1. The summed E-state index contributed by atoms with van der Waals surface area (Å²) in [6.45, 7) is 0.519. The molecule has 0 aliphatic rings. The van der Waals surface area contributed by atoms with E-state index in [0.29, 0.717) is 16.5 Å². The van der Waals surface area contributed by atoms with Gasteiger partial charge in [0.25, 0.3) is 5.56 Å². The normalized spacial score (nSPS) is 10.7. The minimum atomic E-state index is -0.377. The van der Waals surface area contributed by atoms with Gasteiger partial charge in [-0.2, -0.15) is 5.10 Å². The van der Waals surface area contributed by atoms with Crippen LogP contribution in [0.4, 0.5) is 0 Å². The summed E-state index contributed by atoms with van der Waals surface area (Å²) in [6, 6.07) is 1.90. The predicted molar refractivity (Wildman–Crippen MR) is 71.0 cm³/mol. The highest BCUT2D eigenvalue weighted by molar-refractivity contribution is 14.1. The van der Waals surface area contributed by atoms with Crippen LogP contribution in [-0.4, -0.2) is 19.3 Å². The van der Waals surface area contributed by atoms with Crippen molar-refractivity contribution in [2.75, 3.05) is 0 Å². The lowest BCUT2D eigenvalue weighted by molar-refractivity contribution is 0.606. The SMILES string of the molecule is Cn1nccc1CCn1cc(I)c(=O)[nH]c1=O. The molecule has 0 fully saturated rings. The third kappa shape index (κ3) is 2.65. The maximum Gasteiger partial charge on any atom is 0.328 e. The molecule has 0 radical (unpaired) electrons. The lowest BCUT2D eigenvalue weighted by Crippen LogP contribution is -2.31. The molecule has 0 saturated heterocycles.